The summed E-state index contributed by atoms with van der Waals surface area (Å²) in [6.07, 6.45) is 0. The average molecular weight is 249 g/mol. The number of carbonyl (C=O) groups excluding carboxylic acids is 1. The van der Waals surface area contributed by atoms with Crippen LogP contribution < -0.4 is 9.64 Å². The number of benzene rings is 1. The van der Waals surface area contributed by atoms with Crippen molar-refractivity contribution in [3.63, 3.8) is 0 Å². The number of anilines is 1. The molecular formula is C14H19NO3. The van der Waals surface area contributed by atoms with E-state index in [9.17, 15) is 4.79 Å². The van der Waals surface area contributed by atoms with Crippen LogP contribution in [-0.2, 0) is 9.53 Å². The number of ether oxygens (including phenoxy) is 2. The summed E-state index contributed by atoms with van der Waals surface area (Å²) in [7, 11) is 1.63. The molecule has 0 aromatic heterocycles. The zero-order valence-electron chi connectivity index (χ0n) is 11.3. The Morgan fingerprint density at radius 3 is 2.78 bits per heavy atom. The van der Waals surface area contributed by atoms with Gasteiger partial charge in [0.05, 0.1) is 12.3 Å². The fourth-order valence-electron chi connectivity index (χ4n) is 2.08. The van der Waals surface area contributed by atoms with Gasteiger partial charge >= 0.3 is 0 Å². The standard InChI is InChI=1S/C14H19NO3/c1-10-5-6-12-11(9-10)15(7-8-17-4)13(16)14(2,3)18-12/h5-6,9H,7-8H2,1-4H3. The predicted molar refractivity (Wildman–Crippen MR) is 70.1 cm³/mol. The second-order valence-electron chi connectivity index (χ2n) is 5.03. The van der Waals surface area contributed by atoms with Crippen LogP contribution in [0.1, 0.15) is 19.4 Å². The van der Waals surface area contributed by atoms with Gasteiger partial charge in [0.15, 0.2) is 5.60 Å². The molecule has 98 valence electrons. The molecule has 1 aliphatic heterocycles. The number of methoxy groups -OCH3 is 1. The zero-order chi connectivity index (χ0) is 13.3. The SMILES string of the molecule is COCCN1C(=O)C(C)(C)Oc2ccc(C)cc21. The lowest BCUT2D eigenvalue weighted by molar-refractivity contribution is -0.132. The molecule has 0 N–H and O–H groups in total. The molecule has 0 spiro atoms. The third-order valence-corrected chi connectivity index (χ3v) is 3.05. The number of hydrogen-bond donors (Lipinski definition) is 0. The molecule has 4 heteroatoms. The molecule has 0 aliphatic carbocycles. The van der Waals surface area contributed by atoms with Gasteiger partial charge in [0, 0.05) is 13.7 Å². The summed E-state index contributed by atoms with van der Waals surface area (Å²) in [5.41, 5.74) is 1.11. The molecular weight excluding hydrogens is 230 g/mol. The van der Waals surface area contributed by atoms with E-state index in [0.717, 1.165) is 17.0 Å². The van der Waals surface area contributed by atoms with Crippen LogP contribution in [0, 0.1) is 6.92 Å². The maximum atomic E-state index is 12.4. The highest BCUT2D eigenvalue weighted by Gasteiger charge is 2.40. The fraction of sp³-hybridized carbons (Fsp3) is 0.500. The Balaban J connectivity index is 2.43. The van der Waals surface area contributed by atoms with Gasteiger partial charge in [-0.25, -0.2) is 0 Å². The van der Waals surface area contributed by atoms with E-state index in [2.05, 4.69) is 0 Å². The minimum atomic E-state index is -0.823. The summed E-state index contributed by atoms with van der Waals surface area (Å²) in [4.78, 5) is 14.1. The third kappa shape index (κ3) is 2.20. The van der Waals surface area contributed by atoms with Crippen LogP contribution in [0.25, 0.3) is 0 Å². The predicted octanol–water partition coefficient (Wildman–Crippen LogP) is 2.15. The molecule has 0 unspecified atom stereocenters. The Kier molecular flexibility index (Phi) is 3.30. The smallest absolute Gasteiger partial charge is 0.270 e. The van der Waals surface area contributed by atoms with E-state index in [1.54, 1.807) is 25.9 Å². The van der Waals surface area contributed by atoms with E-state index < -0.39 is 5.60 Å². The van der Waals surface area contributed by atoms with Crippen molar-refractivity contribution in [2.24, 2.45) is 0 Å². The quantitative estimate of drug-likeness (QED) is 0.824. The van der Waals surface area contributed by atoms with E-state index in [4.69, 9.17) is 9.47 Å². The first-order chi connectivity index (χ1) is 8.45. The van der Waals surface area contributed by atoms with Crippen LogP contribution in [0.15, 0.2) is 18.2 Å². The average Bonchev–Trinajstić information content (AvgIpc) is 2.31. The highest BCUT2D eigenvalue weighted by Crippen LogP contribution is 2.38. The Labute approximate surface area is 107 Å². The Morgan fingerprint density at radius 2 is 2.11 bits per heavy atom. The Bertz CT molecular complexity index is 468. The van der Waals surface area contributed by atoms with E-state index >= 15 is 0 Å². The summed E-state index contributed by atoms with van der Waals surface area (Å²) in [5, 5.41) is 0. The maximum Gasteiger partial charge on any atom is 0.270 e. The number of fused-ring (bicyclic) bond motifs is 1. The molecule has 1 aromatic rings. The molecule has 1 aliphatic rings. The summed E-state index contributed by atoms with van der Waals surface area (Å²) >= 11 is 0. The molecule has 0 fully saturated rings. The van der Waals surface area contributed by atoms with Crippen molar-refractivity contribution in [2.45, 2.75) is 26.4 Å². The largest absolute Gasteiger partial charge is 0.476 e. The van der Waals surface area contributed by atoms with Gasteiger partial charge in [0.1, 0.15) is 5.75 Å². The van der Waals surface area contributed by atoms with Crippen molar-refractivity contribution < 1.29 is 14.3 Å². The number of amides is 1. The first kappa shape index (κ1) is 12.9. The van der Waals surface area contributed by atoms with E-state index in [-0.39, 0.29) is 5.91 Å². The molecule has 1 heterocycles. The molecule has 18 heavy (non-hydrogen) atoms. The first-order valence-corrected chi connectivity index (χ1v) is 6.06. The van der Waals surface area contributed by atoms with Crippen LogP contribution in [-0.4, -0.2) is 31.8 Å². The normalized spacial score (nSPS) is 17.3. The molecule has 4 nitrogen and oxygen atoms in total. The highest BCUT2D eigenvalue weighted by atomic mass is 16.5. The third-order valence-electron chi connectivity index (χ3n) is 3.05. The van der Waals surface area contributed by atoms with Crippen LogP contribution in [0.5, 0.6) is 5.75 Å². The summed E-state index contributed by atoms with van der Waals surface area (Å²) in [6.45, 7) is 6.63. The van der Waals surface area contributed by atoms with Gasteiger partial charge in [-0.15, -0.1) is 0 Å². The van der Waals surface area contributed by atoms with E-state index in [1.165, 1.54) is 0 Å². The lowest BCUT2D eigenvalue weighted by Crippen LogP contribution is -2.53. The van der Waals surface area contributed by atoms with Crippen molar-refractivity contribution in [2.75, 3.05) is 25.2 Å². The number of aryl methyl sites for hydroxylation is 1. The minimum absolute atomic E-state index is 0.0300. The number of hydrogen-bond acceptors (Lipinski definition) is 3. The number of rotatable bonds is 3. The minimum Gasteiger partial charge on any atom is -0.476 e. The summed E-state index contributed by atoms with van der Waals surface area (Å²) in [5.74, 6) is 0.721. The lowest BCUT2D eigenvalue weighted by Gasteiger charge is -2.38. The number of carbonyl (C=O) groups is 1. The Hall–Kier alpha value is -1.55. The van der Waals surface area contributed by atoms with Crippen LogP contribution in [0.2, 0.25) is 0 Å². The van der Waals surface area contributed by atoms with Crippen molar-refractivity contribution in [1.29, 1.82) is 0 Å². The van der Waals surface area contributed by atoms with E-state index in [1.807, 2.05) is 25.1 Å². The van der Waals surface area contributed by atoms with Gasteiger partial charge in [-0.05, 0) is 38.5 Å². The fourth-order valence-corrected chi connectivity index (χ4v) is 2.08. The number of nitrogens with zero attached hydrogens (tertiary/aromatic N) is 1. The van der Waals surface area contributed by atoms with Crippen LogP contribution >= 0.6 is 0 Å². The van der Waals surface area contributed by atoms with Gasteiger partial charge in [0.25, 0.3) is 5.91 Å². The highest BCUT2D eigenvalue weighted by molar-refractivity contribution is 6.02. The van der Waals surface area contributed by atoms with Gasteiger partial charge < -0.3 is 14.4 Å². The molecule has 0 saturated carbocycles. The van der Waals surface area contributed by atoms with Crippen molar-refractivity contribution in [3.05, 3.63) is 23.8 Å². The maximum absolute atomic E-state index is 12.4. The van der Waals surface area contributed by atoms with Gasteiger partial charge in [-0.2, -0.15) is 0 Å². The monoisotopic (exact) mass is 249 g/mol. The van der Waals surface area contributed by atoms with Crippen molar-refractivity contribution in [1.82, 2.24) is 0 Å². The summed E-state index contributed by atoms with van der Waals surface area (Å²) < 4.78 is 10.8. The van der Waals surface area contributed by atoms with Crippen LogP contribution in [0.4, 0.5) is 5.69 Å². The van der Waals surface area contributed by atoms with Crippen molar-refractivity contribution in [3.8, 4) is 5.75 Å². The molecule has 0 radical (unpaired) electrons. The lowest BCUT2D eigenvalue weighted by atomic mass is 10.0. The molecule has 1 aromatic carbocycles. The molecule has 2 rings (SSSR count). The van der Waals surface area contributed by atoms with E-state index in [0.29, 0.717) is 13.2 Å². The molecule has 0 saturated heterocycles. The molecule has 1 amide bonds. The second-order valence-corrected chi connectivity index (χ2v) is 5.03. The van der Waals surface area contributed by atoms with Gasteiger partial charge in [-0.1, -0.05) is 6.07 Å². The van der Waals surface area contributed by atoms with Crippen molar-refractivity contribution >= 4 is 11.6 Å². The van der Waals surface area contributed by atoms with Crippen LogP contribution in [0.3, 0.4) is 0 Å². The Morgan fingerprint density at radius 1 is 1.39 bits per heavy atom. The zero-order valence-corrected chi connectivity index (χ0v) is 11.3. The molecule has 0 atom stereocenters. The summed E-state index contributed by atoms with van der Waals surface area (Å²) in [6, 6.07) is 5.87. The topological polar surface area (TPSA) is 38.8 Å². The first-order valence-electron chi connectivity index (χ1n) is 6.06. The van der Waals surface area contributed by atoms with Gasteiger partial charge in [-0.3, -0.25) is 4.79 Å². The van der Waals surface area contributed by atoms with Gasteiger partial charge in [0.2, 0.25) is 0 Å². The molecule has 0 bridgehead atoms. The second kappa shape index (κ2) is 4.61.